The van der Waals surface area contributed by atoms with Crippen LogP contribution < -0.4 is 15.1 Å². The summed E-state index contributed by atoms with van der Waals surface area (Å²) in [7, 11) is 3.80. The molecule has 1 aliphatic rings. The first kappa shape index (κ1) is 19.8. The lowest BCUT2D eigenvalue weighted by Gasteiger charge is -2.27. The molecule has 0 bridgehead atoms. The highest BCUT2D eigenvalue weighted by Gasteiger charge is 2.18. The van der Waals surface area contributed by atoms with Crippen LogP contribution in [0.4, 0.5) is 17.7 Å². The molecule has 0 saturated carbocycles. The van der Waals surface area contributed by atoms with E-state index in [4.69, 9.17) is 16.3 Å². The smallest absolute Gasteiger partial charge is 0.231 e. The zero-order valence-corrected chi connectivity index (χ0v) is 17.4. The van der Waals surface area contributed by atoms with E-state index in [1.54, 1.807) is 0 Å². The van der Waals surface area contributed by atoms with Gasteiger partial charge >= 0.3 is 0 Å². The lowest BCUT2D eigenvalue weighted by Crippen LogP contribution is -2.37. The first-order valence-electron chi connectivity index (χ1n) is 8.66. The third-order valence-corrected chi connectivity index (χ3v) is 4.58. The summed E-state index contributed by atoms with van der Waals surface area (Å²) in [6.07, 6.45) is 0. The number of aromatic nitrogens is 5. The van der Waals surface area contributed by atoms with Crippen LogP contribution in [0.15, 0.2) is 16.2 Å². The van der Waals surface area contributed by atoms with E-state index < -0.39 is 0 Å². The van der Waals surface area contributed by atoms with Gasteiger partial charge in [0.15, 0.2) is 0 Å². The molecule has 3 rings (SSSR count). The summed E-state index contributed by atoms with van der Waals surface area (Å²) in [4.78, 5) is 26.1. The van der Waals surface area contributed by atoms with E-state index in [1.165, 1.54) is 11.8 Å². The molecule has 0 radical (unpaired) electrons. The third-order valence-electron chi connectivity index (χ3n) is 3.63. The second-order valence-electron chi connectivity index (χ2n) is 6.47. The molecule has 146 valence electrons. The van der Waals surface area contributed by atoms with Crippen LogP contribution in [-0.2, 0) is 4.74 Å². The first-order valence-corrected chi connectivity index (χ1v) is 9.85. The van der Waals surface area contributed by atoms with Gasteiger partial charge in [-0.25, -0.2) is 9.97 Å². The van der Waals surface area contributed by atoms with Gasteiger partial charge in [0.05, 0.1) is 13.2 Å². The zero-order chi connectivity index (χ0) is 19.4. The van der Waals surface area contributed by atoms with Crippen LogP contribution >= 0.6 is 23.4 Å². The molecule has 1 N–H and O–H groups in total. The minimum Gasteiger partial charge on any atom is -0.378 e. The molecule has 2 aromatic heterocycles. The molecule has 27 heavy (non-hydrogen) atoms. The highest BCUT2D eigenvalue weighted by Crippen LogP contribution is 2.28. The van der Waals surface area contributed by atoms with Crippen molar-refractivity contribution in [1.29, 1.82) is 0 Å². The molecule has 0 aromatic carbocycles. The van der Waals surface area contributed by atoms with Crippen molar-refractivity contribution >= 4 is 41.1 Å². The minimum atomic E-state index is 0.187. The van der Waals surface area contributed by atoms with Gasteiger partial charge in [0, 0.05) is 39.3 Å². The molecular weight excluding hydrogens is 388 g/mol. The van der Waals surface area contributed by atoms with Crippen LogP contribution in [0, 0.1) is 0 Å². The van der Waals surface area contributed by atoms with Crippen LogP contribution in [0.3, 0.4) is 0 Å². The summed E-state index contributed by atoms with van der Waals surface area (Å²) >= 11 is 7.39. The standard InChI is InChI=1S/C16H23ClN8OS/c1-10(2)18-14-21-15(25-5-7-26-8-6-25)23-16(22-14)27-12-9-11(24(3)4)19-13(17)20-12/h9-10H,5-8H2,1-4H3,(H,18,21,22,23). The SMILES string of the molecule is CC(C)Nc1nc(Sc2cc(N(C)C)nc(Cl)n2)nc(N2CCOCC2)n1. The fourth-order valence-electron chi connectivity index (χ4n) is 2.38. The van der Waals surface area contributed by atoms with Gasteiger partial charge in [-0.05, 0) is 37.2 Å². The Morgan fingerprint density at radius 1 is 1.15 bits per heavy atom. The Hall–Kier alpha value is -1.91. The van der Waals surface area contributed by atoms with Crippen molar-refractivity contribution in [3.05, 3.63) is 11.3 Å². The van der Waals surface area contributed by atoms with Crippen molar-refractivity contribution in [3.63, 3.8) is 0 Å². The Kier molecular flexibility index (Phi) is 6.51. The molecule has 0 atom stereocenters. The largest absolute Gasteiger partial charge is 0.378 e. The Bertz CT molecular complexity index is 785. The molecule has 9 nitrogen and oxygen atoms in total. The summed E-state index contributed by atoms with van der Waals surface area (Å²) in [5.41, 5.74) is 0. The molecule has 0 unspecified atom stereocenters. The van der Waals surface area contributed by atoms with E-state index in [0.29, 0.717) is 35.3 Å². The molecule has 1 aliphatic heterocycles. The number of halogens is 1. The predicted octanol–water partition coefficient (Wildman–Crippen LogP) is 2.19. The van der Waals surface area contributed by atoms with E-state index in [1.807, 2.05) is 38.9 Å². The summed E-state index contributed by atoms with van der Waals surface area (Å²) in [5, 5.41) is 4.66. The number of ether oxygens (including phenoxy) is 1. The number of hydrogen-bond donors (Lipinski definition) is 1. The first-order chi connectivity index (χ1) is 12.9. The van der Waals surface area contributed by atoms with Gasteiger partial charge in [-0.1, -0.05) is 0 Å². The maximum absolute atomic E-state index is 6.06. The lowest BCUT2D eigenvalue weighted by molar-refractivity contribution is 0.122. The second-order valence-corrected chi connectivity index (χ2v) is 7.80. The van der Waals surface area contributed by atoms with Crippen molar-refractivity contribution in [1.82, 2.24) is 24.9 Å². The Labute approximate surface area is 167 Å². The molecular formula is C16H23ClN8OS. The molecule has 2 aromatic rings. The average molecular weight is 411 g/mol. The Balaban J connectivity index is 1.91. The van der Waals surface area contributed by atoms with Crippen LogP contribution in [0.1, 0.15) is 13.8 Å². The maximum atomic E-state index is 6.06. The quantitative estimate of drug-likeness (QED) is 0.564. The Morgan fingerprint density at radius 3 is 2.56 bits per heavy atom. The number of nitrogens with one attached hydrogen (secondary N) is 1. The molecule has 0 aliphatic carbocycles. The monoisotopic (exact) mass is 410 g/mol. The highest BCUT2D eigenvalue weighted by atomic mass is 35.5. The normalized spacial score (nSPS) is 14.5. The topological polar surface area (TPSA) is 92.2 Å². The summed E-state index contributed by atoms with van der Waals surface area (Å²) in [5.74, 6) is 1.89. The second kappa shape index (κ2) is 8.85. The summed E-state index contributed by atoms with van der Waals surface area (Å²) < 4.78 is 5.42. The van der Waals surface area contributed by atoms with Crippen LogP contribution in [0.5, 0.6) is 0 Å². The van der Waals surface area contributed by atoms with Gasteiger partial charge in [0.25, 0.3) is 0 Å². The van der Waals surface area contributed by atoms with E-state index in [9.17, 15) is 0 Å². The zero-order valence-electron chi connectivity index (χ0n) is 15.8. The van der Waals surface area contributed by atoms with Crippen molar-refractivity contribution < 1.29 is 4.74 Å². The number of rotatable bonds is 6. The highest BCUT2D eigenvalue weighted by molar-refractivity contribution is 7.99. The van der Waals surface area contributed by atoms with Crippen LogP contribution in [0.25, 0.3) is 0 Å². The van der Waals surface area contributed by atoms with Crippen molar-refractivity contribution in [2.75, 3.05) is 55.5 Å². The van der Waals surface area contributed by atoms with Crippen molar-refractivity contribution in [2.24, 2.45) is 0 Å². The number of anilines is 3. The molecule has 1 saturated heterocycles. The molecule has 1 fully saturated rings. The summed E-state index contributed by atoms with van der Waals surface area (Å²) in [6, 6.07) is 2.06. The predicted molar refractivity (Wildman–Crippen MR) is 107 cm³/mol. The average Bonchev–Trinajstić information content (AvgIpc) is 2.61. The summed E-state index contributed by atoms with van der Waals surface area (Å²) in [6.45, 7) is 6.90. The number of morpholine rings is 1. The molecule has 11 heteroatoms. The van der Waals surface area contributed by atoms with Crippen LogP contribution in [-0.4, -0.2) is 71.4 Å². The Morgan fingerprint density at radius 2 is 1.89 bits per heavy atom. The van der Waals surface area contributed by atoms with Crippen molar-refractivity contribution in [2.45, 2.75) is 30.1 Å². The van der Waals surface area contributed by atoms with Gasteiger partial charge in [-0.2, -0.15) is 15.0 Å². The maximum Gasteiger partial charge on any atom is 0.231 e. The van der Waals surface area contributed by atoms with E-state index in [-0.39, 0.29) is 11.3 Å². The van der Waals surface area contributed by atoms with E-state index in [0.717, 1.165) is 18.9 Å². The van der Waals surface area contributed by atoms with Gasteiger partial charge in [-0.3, -0.25) is 0 Å². The van der Waals surface area contributed by atoms with Gasteiger partial charge < -0.3 is 19.9 Å². The fraction of sp³-hybridized carbons (Fsp3) is 0.562. The van der Waals surface area contributed by atoms with Crippen molar-refractivity contribution in [3.8, 4) is 0 Å². The third kappa shape index (κ3) is 5.53. The molecule has 3 heterocycles. The lowest BCUT2D eigenvalue weighted by atomic mass is 10.4. The van der Waals surface area contributed by atoms with E-state index >= 15 is 0 Å². The van der Waals surface area contributed by atoms with E-state index in [2.05, 4.69) is 35.1 Å². The number of nitrogens with zero attached hydrogens (tertiary/aromatic N) is 7. The van der Waals surface area contributed by atoms with Gasteiger partial charge in [-0.15, -0.1) is 0 Å². The van der Waals surface area contributed by atoms with Gasteiger partial charge in [0.2, 0.25) is 22.3 Å². The number of hydrogen-bond acceptors (Lipinski definition) is 10. The molecule has 0 spiro atoms. The molecule has 0 amide bonds. The minimum absolute atomic E-state index is 0.187. The fourth-order valence-corrected chi connectivity index (χ4v) is 3.35. The van der Waals surface area contributed by atoms with Gasteiger partial charge in [0.1, 0.15) is 10.8 Å². The van der Waals surface area contributed by atoms with Crippen LogP contribution in [0.2, 0.25) is 5.28 Å².